The first-order valence-electron chi connectivity index (χ1n) is 7.22. The molecule has 1 aliphatic rings. The molecule has 0 spiro atoms. The lowest BCUT2D eigenvalue weighted by Crippen LogP contribution is -2.31. The third-order valence-electron chi connectivity index (χ3n) is 3.56. The van der Waals surface area contributed by atoms with E-state index in [0.717, 1.165) is 44.7 Å². The van der Waals surface area contributed by atoms with Crippen molar-refractivity contribution in [2.75, 3.05) is 6.54 Å². The second-order valence-electron chi connectivity index (χ2n) is 5.33. The number of fused-ring (bicyclic) bond motifs is 1. The molecule has 2 aromatic heterocycles. The number of aromatic nitrogens is 3. The van der Waals surface area contributed by atoms with Crippen LogP contribution in [-0.4, -0.2) is 26.4 Å². The Morgan fingerprint density at radius 3 is 2.95 bits per heavy atom. The normalized spacial score (nSPS) is 15.3. The predicted molar refractivity (Wildman–Crippen MR) is 80.7 cm³/mol. The standard InChI is InChI=1S/C15H20N4S/c1-3-4-14-16-8-12-9-19(6-5-13(12)18-14)10-15-17-7-11(2)20-15/h7-8H,3-6,9-10H2,1-2H3. The van der Waals surface area contributed by atoms with Crippen LogP contribution in [0.25, 0.3) is 0 Å². The van der Waals surface area contributed by atoms with Crippen molar-refractivity contribution >= 4 is 11.3 Å². The molecule has 0 saturated heterocycles. The second kappa shape index (κ2) is 5.97. The van der Waals surface area contributed by atoms with Crippen LogP contribution >= 0.6 is 11.3 Å². The van der Waals surface area contributed by atoms with Gasteiger partial charge in [-0.1, -0.05) is 6.92 Å². The van der Waals surface area contributed by atoms with Gasteiger partial charge in [0.05, 0.1) is 6.54 Å². The Balaban J connectivity index is 1.69. The van der Waals surface area contributed by atoms with Crippen molar-refractivity contribution in [1.82, 2.24) is 19.9 Å². The lowest BCUT2D eigenvalue weighted by Gasteiger charge is -2.27. The van der Waals surface area contributed by atoms with Crippen LogP contribution in [0.3, 0.4) is 0 Å². The van der Waals surface area contributed by atoms with Crippen molar-refractivity contribution in [2.24, 2.45) is 0 Å². The van der Waals surface area contributed by atoms with Crippen LogP contribution in [0.4, 0.5) is 0 Å². The Bertz CT molecular complexity index is 593. The summed E-state index contributed by atoms with van der Waals surface area (Å²) < 4.78 is 0. The molecule has 0 fully saturated rings. The molecule has 0 N–H and O–H groups in total. The van der Waals surface area contributed by atoms with Gasteiger partial charge in [0.1, 0.15) is 10.8 Å². The van der Waals surface area contributed by atoms with E-state index in [0.29, 0.717) is 0 Å². The van der Waals surface area contributed by atoms with Crippen molar-refractivity contribution in [3.63, 3.8) is 0 Å². The van der Waals surface area contributed by atoms with Crippen molar-refractivity contribution < 1.29 is 0 Å². The summed E-state index contributed by atoms with van der Waals surface area (Å²) >= 11 is 1.79. The minimum atomic E-state index is 0.939. The predicted octanol–water partition coefficient (Wildman–Crippen LogP) is 2.75. The van der Waals surface area contributed by atoms with Gasteiger partial charge in [0, 0.05) is 54.5 Å². The molecule has 0 amide bonds. The van der Waals surface area contributed by atoms with Gasteiger partial charge >= 0.3 is 0 Å². The number of thiazole rings is 1. The summed E-state index contributed by atoms with van der Waals surface area (Å²) in [6, 6.07) is 0. The number of rotatable bonds is 4. The van der Waals surface area contributed by atoms with Crippen LogP contribution in [0.1, 0.15) is 40.3 Å². The largest absolute Gasteiger partial charge is 0.292 e. The highest BCUT2D eigenvalue weighted by atomic mass is 32.1. The van der Waals surface area contributed by atoms with E-state index in [9.17, 15) is 0 Å². The van der Waals surface area contributed by atoms with E-state index in [1.54, 1.807) is 11.3 Å². The Labute approximate surface area is 123 Å². The highest BCUT2D eigenvalue weighted by Gasteiger charge is 2.19. The van der Waals surface area contributed by atoms with Gasteiger partial charge in [-0.15, -0.1) is 11.3 Å². The van der Waals surface area contributed by atoms with Crippen LogP contribution in [0.15, 0.2) is 12.4 Å². The second-order valence-corrected chi connectivity index (χ2v) is 6.65. The summed E-state index contributed by atoms with van der Waals surface area (Å²) in [5.41, 5.74) is 2.53. The maximum Gasteiger partial charge on any atom is 0.128 e. The quantitative estimate of drug-likeness (QED) is 0.867. The van der Waals surface area contributed by atoms with Crippen molar-refractivity contribution in [2.45, 2.75) is 46.2 Å². The van der Waals surface area contributed by atoms with Crippen LogP contribution < -0.4 is 0 Å². The summed E-state index contributed by atoms with van der Waals surface area (Å²) in [5, 5.41) is 1.20. The first-order chi connectivity index (χ1) is 9.74. The van der Waals surface area contributed by atoms with Gasteiger partial charge in [-0.2, -0.15) is 0 Å². The van der Waals surface area contributed by atoms with E-state index in [-0.39, 0.29) is 0 Å². The zero-order valence-corrected chi connectivity index (χ0v) is 12.9. The summed E-state index contributed by atoms with van der Waals surface area (Å²) in [6.07, 6.45) is 7.09. The van der Waals surface area contributed by atoms with Gasteiger partial charge in [0.2, 0.25) is 0 Å². The lowest BCUT2D eigenvalue weighted by atomic mass is 10.1. The Kier molecular flexibility index (Phi) is 4.08. The minimum Gasteiger partial charge on any atom is -0.292 e. The van der Waals surface area contributed by atoms with Crippen molar-refractivity contribution in [3.05, 3.63) is 39.4 Å². The lowest BCUT2D eigenvalue weighted by molar-refractivity contribution is 0.242. The fraction of sp³-hybridized carbons (Fsp3) is 0.533. The summed E-state index contributed by atoms with van der Waals surface area (Å²) in [5.74, 6) is 0.996. The molecular formula is C15H20N4S. The zero-order valence-electron chi connectivity index (χ0n) is 12.1. The molecule has 0 aliphatic carbocycles. The number of hydrogen-bond acceptors (Lipinski definition) is 5. The molecule has 0 atom stereocenters. The molecule has 0 aromatic carbocycles. The highest BCUT2D eigenvalue weighted by molar-refractivity contribution is 7.11. The highest BCUT2D eigenvalue weighted by Crippen LogP contribution is 2.20. The number of nitrogens with zero attached hydrogens (tertiary/aromatic N) is 4. The van der Waals surface area contributed by atoms with E-state index in [1.165, 1.54) is 21.1 Å². The monoisotopic (exact) mass is 288 g/mol. The zero-order chi connectivity index (χ0) is 13.9. The van der Waals surface area contributed by atoms with Crippen LogP contribution in [0.5, 0.6) is 0 Å². The fourth-order valence-electron chi connectivity index (χ4n) is 2.56. The molecule has 106 valence electrons. The van der Waals surface area contributed by atoms with Gasteiger partial charge in [-0.25, -0.2) is 15.0 Å². The van der Waals surface area contributed by atoms with Gasteiger partial charge < -0.3 is 0 Å². The molecule has 4 nitrogen and oxygen atoms in total. The van der Waals surface area contributed by atoms with Gasteiger partial charge in [0.15, 0.2) is 0 Å². The van der Waals surface area contributed by atoms with E-state index in [4.69, 9.17) is 4.98 Å². The topological polar surface area (TPSA) is 41.9 Å². The number of aryl methyl sites for hydroxylation is 2. The molecular weight excluding hydrogens is 268 g/mol. The van der Waals surface area contributed by atoms with E-state index in [2.05, 4.69) is 28.7 Å². The van der Waals surface area contributed by atoms with Crippen LogP contribution in [0.2, 0.25) is 0 Å². The van der Waals surface area contributed by atoms with Gasteiger partial charge in [-0.3, -0.25) is 4.90 Å². The fourth-order valence-corrected chi connectivity index (χ4v) is 3.39. The Morgan fingerprint density at radius 2 is 2.20 bits per heavy atom. The summed E-state index contributed by atoms with van der Waals surface area (Å²) in [6.45, 7) is 7.22. The molecule has 0 bridgehead atoms. The Morgan fingerprint density at radius 1 is 1.30 bits per heavy atom. The average molecular weight is 288 g/mol. The third-order valence-corrected chi connectivity index (χ3v) is 4.46. The Hall–Kier alpha value is -1.33. The SMILES string of the molecule is CCCc1ncc2c(n1)CCN(Cc1ncc(C)s1)C2. The molecule has 3 rings (SSSR count). The molecule has 20 heavy (non-hydrogen) atoms. The molecule has 0 unspecified atom stereocenters. The van der Waals surface area contributed by atoms with E-state index in [1.807, 2.05) is 12.4 Å². The molecule has 1 aliphatic heterocycles. The van der Waals surface area contributed by atoms with Crippen LogP contribution in [-0.2, 0) is 25.9 Å². The first kappa shape index (κ1) is 13.6. The smallest absolute Gasteiger partial charge is 0.128 e. The van der Waals surface area contributed by atoms with Crippen molar-refractivity contribution in [1.29, 1.82) is 0 Å². The molecule has 3 heterocycles. The van der Waals surface area contributed by atoms with E-state index < -0.39 is 0 Å². The summed E-state index contributed by atoms with van der Waals surface area (Å²) in [7, 11) is 0. The first-order valence-corrected chi connectivity index (χ1v) is 8.03. The number of hydrogen-bond donors (Lipinski definition) is 0. The maximum absolute atomic E-state index is 4.70. The van der Waals surface area contributed by atoms with Gasteiger partial charge in [-0.05, 0) is 13.3 Å². The molecule has 5 heteroatoms. The molecule has 0 radical (unpaired) electrons. The van der Waals surface area contributed by atoms with E-state index >= 15 is 0 Å². The average Bonchev–Trinajstić information content (AvgIpc) is 2.85. The molecule has 0 saturated carbocycles. The minimum absolute atomic E-state index is 0.939. The maximum atomic E-state index is 4.70. The van der Waals surface area contributed by atoms with Crippen LogP contribution in [0, 0.1) is 6.92 Å². The van der Waals surface area contributed by atoms with Gasteiger partial charge in [0.25, 0.3) is 0 Å². The summed E-state index contributed by atoms with van der Waals surface area (Å²) in [4.78, 5) is 17.3. The molecule has 2 aromatic rings. The van der Waals surface area contributed by atoms with Crippen molar-refractivity contribution in [3.8, 4) is 0 Å². The third kappa shape index (κ3) is 3.04.